The summed E-state index contributed by atoms with van der Waals surface area (Å²) in [5.41, 5.74) is 6.63. The fraction of sp³-hybridized carbons (Fsp3) is 0.769. The molecule has 1 aromatic rings. The molecule has 1 heterocycles. The third kappa shape index (κ3) is 3.04. The van der Waals surface area contributed by atoms with Gasteiger partial charge in [-0.1, -0.05) is 18.5 Å². The molecule has 1 fully saturated rings. The van der Waals surface area contributed by atoms with Gasteiger partial charge in [-0.3, -0.25) is 0 Å². The Balaban J connectivity index is 2.06. The van der Waals surface area contributed by atoms with Crippen molar-refractivity contribution in [3.8, 4) is 0 Å². The molecule has 1 saturated carbocycles. The first kappa shape index (κ1) is 14.2. The lowest BCUT2D eigenvalue weighted by Crippen LogP contribution is -2.27. The third-order valence-electron chi connectivity index (χ3n) is 3.91. The van der Waals surface area contributed by atoms with Crippen molar-refractivity contribution >= 4 is 5.82 Å². The zero-order valence-corrected chi connectivity index (χ0v) is 11.0. The summed E-state index contributed by atoms with van der Waals surface area (Å²) in [5, 5.41) is 3.76. The molecular weight excluding hydrogens is 257 g/mol. The zero-order chi connectivity index (χ0) is 14.0. The van der Waals surface area contributed by atoms with E-state index >= 15 is 0 Å². The molecule has 0 unspecified atom stereocenters. The minimum Gasteiger partial charge on any atom is -0.381 e. The highest BCUT2D eigenvalue weighted by Gasteiger charge is 2.42. The van der Waals surface area contributed by atoms with Crippen LogP contribution in [0.15, 0.2) is 4.52 Å². The minimum atomic E-state index is -4.07. The Hall–Kier alpha value is -1.20. The number of nitrogen functional groups attached to an aromatic ring is 1. The van der Waals surface area contributed by atoms with Gasteiger partial charge in [0.05, 0.1) is 5.92 Å². The number of hydrogen-bond donors (Lipinski definition) is 1. The van der Waals surface area contributed by atoms with Gasteiger partial charge >= 0.3 is 6.18 Å². The van der Waals surface area contributed by atoms with Crippen LogP contribution in [0.2, 0.25) is 0 Å². The molecule has 1 aromatic heterocycles. The predicted molar refractivity (Wildman–Crippen MR) is 65.7 cm³/mol. The highest BCUT2D eigenvalue weighted by atomic mass is 19.4. The number of nitrogens with zero attached hydrogens (tertiary/aromatic N) is 1. The Labute approximate surface area is 110 Å². The monoisotopic (exact) mass is 276 g/mol. The van der Waals surface area contributed by atoms with Crippen molar-refractivity contribution in [2.45, 2.75) is 57.5 Å². The fourth-order valence-corrected chi connectivity index (χ4v) is 2.84. The number of rotatable bonds is 3. The SMILES string of the molecule is CCCc1c(N)noc1C1CCC(C(F)(F)F)CC1. The number of halogens is 3. The molecule has 0 radical (unpaired) electrons. The van der Waals surface area contributed by atoms with Crippen molar-refractivity contribution in [1.29, 1.82) is 0 Å². The second-order valence-electron chi connectivity index (χ2n) is 5.25. The van der Waals surface area contributed by atoms with Crippen LogP contribution >= 0.6 is 0 Å². The van der Waals surface area contributed by atoms with Gasteiger partial charge in [-0.25, -0.2) is 0 Å². The van der Waals surface area contributed by atoms with Crippen molar-refractivity contribution in [2.24, 2.45) is 5.92 Å². The maximum atomic E-state index is 12.6. The quantitative estimate of drug-likeness (QED) is 0.906. The van der Waals surface area contributed by atoms with E-state index < -0.39 is 12.1 Å². The Morgan fingerprint density at radius 3 is 2.42 bits per heavy atom. The highest BCUT2D eigenvalue weighted by molar-refractivity contribution is 5.41. The van der Waals surface area contributed by atoms with Crippen molar-refractivity contribution in [1.82, 2.24) is 5.16 Å². The summed E-state index contributed by atoms with van der Waals surface area (Å²) in [6.45, 7) is 2.02. The minimum absolute atomic E-state index is 0.0324. The molecule has 108 valence electrons. The Morgan fingerprint density at radius 1 is 1.26 bits per heavy atom. The average molecular weight is 276 g/mol. The number of hydrogen-bond acceptors (Lipinski definition) is 3. The smallest absolute Gasteiger partial charge is 0.381 e. The Morgan fingerprint density at radius 2 is 1.89 bits per heavy atom. The molecule has 19 heavy (non-hydrogen) atoms. The molecule has 0 saturated heterocycles. The van der Waals surface area contributed by atoms with Crippen LogP contribution < -0.4 is 5.73 Å². The summed E-state index contributed by atoms with van der Waals surface area (Å²) in [6.07, 6.45) is -1.07. The van der Waals surface area contributed by atoms with E-state index in [1.165, 1.54) is 0 Å². The summed E-state index contributed by atoms with van der Waals surface area (Å²) in [6, 6.07) is 0. The van der Waals surface area contributed by atoms with E-state index in [1.807, 2.05) is 6.92 Å². The van der Waals surface area contributed by atoms with Crippen molar-refractivity contribution in [3.63, 3.8) is 0 Å². The van der Waals surface area contributed by atoms with Gasteiger partial charge in [-0.2, -0.15) is 13.2 Å². The first-order valence-electron chi connectivity index (χ1n) is 6.74. The molecule has 2 N–H and O–H groups in total. The summed E-state index contributed by atoms with van der Waals surface area (Å²) < 4.78 is 43.1. The first-order chi connectivity index (χ1) is 8.93. The second kappa shape index (κ2) is 5.43. The van der Waals surface area contributed by atoms with E-state index in [1.54, 1.807) is 0 Å². The maximum Gasteiger partial charge on any atom is 0.391 e. The normalized spacial score (nSPS) is 24.6. The first-order valence-corrected chi connectivity index (χ1v) is 6.74. The Bertz CT molecular complexity index is 420. The van der Waals surface area contributed by atoms with Crippen molar-refractivity contribution < 1.29 is 17.7 Å². The van der Waals surface area contributed by atoms with Crippen molar-refractivity contribution in [2.75, 3.05) is 5.73 Å². The molecule has 0 aliphatic heterocycles. The van der Waals surface area contributed by atoms with Crippen LogP contribution in [0.5, 0.6) is 0 Å². The van der Waals surface area contributed by atoms with E-state index in [4.69, 9.17) is 10.3 Å². The molecule has 1 aliphatic rings. The molecular formula is C13H19F3N2O. The predicted octanol–water partition coefficient (Wildman–Crippen LogP) is 4.05. The summed E-state index contributed by atoms with van der Waals surface area (Å²) in [7, 11) is 0. The summed E-state index contributed by atoms with van der Waals surface area (Å²) in [5.74, 6) is -0.0432. The van der Waals surface area contributed by atoms with Crippen LogP contribution in [0, 0.1) is 5.92 Å². The average Bonchev–Trinajstić information content (AvgIpc) is 2.71. The van der Waals surface area contributed by atoms with Crippen LogP contribution in [-0.4, -0.2) is 11.3 Å². The van der Waals surface area contributed by atoms with Gasteiger partial charge in [0.25, 0.3) is 0 Å². The van der Waals surface area contributed by atoms with Gasteiger partial charge in [0.2, 0.25) is 0 Å². The number of nitrogens with two attached hydrogens (primary N) is 1. The van der Waals surface area contributed by atoms with Gasteiger partial charge in [-0.05, 0) is 32.1 Å². The summed E-state index contributed by atoms with van der Waals surface area (Å²) >= 11 is 0. The zero-order valence-electron chi connectivity index (χ0n) is 11.0. The number of alkyl halides is 3. The van der Waals surface area contributed by atoms with Crippen LogP contribution in [0.25, 0.3) is 0 Å². The molecule has 6 heteroatoms. The van der Waals surface area contributed by atoms with E-state index in [2.05, 4.69) is 5.16 Å². The van der Waals surface area contributed by atoms with E-state index in [-0.39, 0.29) is 18.8 Å². The molecule has 2 rings (SSSR count). The van der Waals surface area contributed by atoms with E-state index in [9.17, 15) is 13.2 Å². The van der Waals surface area contributed by atoms with Gasteiger partial charge in [0.15, 0.2) is 5.82 Å². The van der Waals surface area contributed by atoms with Crippen LogP contribution in [-0.2, 0) is 6.42 Å². The highest BCUT2D eigenvalue weighted by Crippen LogP contribution is 2.44. The van der Waals surface area contributed by atoms with Gasteiger partial charge < -0.3 is 10.3 Å². The van der Waals surface area contributed by atoms with E-state index in [0.717, 1.165) is 18.4 Å². The Kier molecular flexibility index (Phi) is 4.06. The molecule has 1 aliphatic carbocycles. The van der Waals surface area contributed by atoms with Crippen LogP contribution in [0.3, 0.4) is 0 Å². The third-order valence-corrected chi connectivity index (χ3v) is 3.91. The topological polar surface area (TPSA) is 52.0 Å². The van der Waals surface area contributed by atoms with Crippen molar-refractivity contribution in [3.05, 3.63) is 11.3 Å². The molecule has 0 amide bonds. The second-order valence-corrected chi connectivity index (χ2v) is 5.25. The maximum absolute atomic E-state index is 12.6. The molecule has 0 spiro atoms. The van der Waals surface area contributed by atoms with Gasteiger partial charge in [0, 0.05) is 11.5 Å². The van der Waals surface area contributed by atoms with E-state index in [0.29, 0.717) is 24.4 Å². The lowest BCUT2D eigenvalue weighted by molar-refractivity contribution is -0.182. The molecule has 0 bridgehead atoms. The lowest BCUT2D eigenvalue weighted by Gasteiger charge is -2.28. The van der Waals surface area contributed by atoms with Gasteiger partial charge in [-0.15, -0.1) is 0 Å². The van der Waals surface area contributed by atoms with Crippen LogP contribution in [0.4, 0.5) is 19.0 Å². The van der Waals surface area contributed by atoms with Gasteiger partial charge in [0.1, 0.15) is 5.76 Å². The standard InChI is InChI=1S/C13H19F3N2O/c1-2-3-10-11(19-18-12(10)17)8-4-6-9(7-5-8)13(14,15)16/h8-9H,2-7H2,1H3,(H2,17,18). The molecule has 0 aromatic carbocycles. The fourth-order valence-electron chi connectivity index (χ4n) is 2.84. The summed E-state index contributed by atoms with van der Waals surface area (Å²) in [4.78, 5) is 0. The number of aromatic nitrogens is 1. The number of anilines is 1. The molecule has 0 atom stereocenters. The lowest BCUT2D eigenvalue weighted by atomic mass is 9.79. The largest absolute Gasteiger partial charge is 0.391 e. The van der Waals surface area contributed by atoms with Crippen LogP contribution in [0.1, 0.15) is 56.3 Å². The molecule has 3 nitrogen and oxygen atoms in total.